The first-order valence-electron chi connectivity index (χ1n) is 7.66. The zero-order valence-electron chi connectivity index (χ0n) is 12.4. The van der Waals surface area contributed by atoms with Crippen LogP contribution in [0.5, 0.6) is 0 Å². The summed E-state index contributed by atoms with van der Waals surface area (Å²) in [5.74, 6) is 1.30. The molecule has 0 bridgehead atoms. The van der Waals surface area contributed by atoms with Crippen molar-refractivity contribution in [2.75, 3.05) is 19.8 Å². The summed E-state index contributed by atoms with van der Waals surface area (Å²) in [7, 11) is 0. The molecule has 2 heterocycles. The maximum absolute atomic E-state index is 12.2. The van der Waals surface area contributed by atoms with Crippen LogP contribution in [0.4, 0.5) is 0 Å². The number of amides is 1. The molecule has 1 aliphatic heterocycles. The van der Waals surface area contributed by atoms with Crippen LogP contribution in [0.15, 0.2) is 0 Å². The highest BCUT2D eigenvalue weighted by Crippen LogP contribution is 2.59. The number of hydrogen-bond donors (Lipinski definition) is 2. The second-order valence-corrected chi connectivity index (χ2v) is 6.36. The van der Waals surface area contributed by atoms with Crippen LogP contribution in [0.25, 0.3) is 0 Å². The molecule has 1 aliphatic carbocycles. The minimum absolute atomic E-state index is 0.185. The van der Waals surface area contributed by atoms with E-state index in [2.05, 4.69) is 15.5 Å². The van der Waals surface area contributed by atoms with Crippen molar-refractivity contribution in [2.24, 2.45) is 11.3 Å². The molecule has 2 aliphatic rings. The fourth-order valence-corrected chi connectivity index (χ4v) is 3.56. The van der Waals surface area contributed by atoms with Gasteiger partial charge in [-0.2, -0.15) is 5.10 Å². The fourth-order valence-electron chi connectivity index (χ4n) is 3.31. The van der Waals surface area contributed by atoms with Gasteiger partial charge in [0, 0.05) is 38.6 Å². The van der Waals surface area contributed by atoms with Crippen LogP contribution < -0.4 is 5.32 Å². The zero-order chi connectivity index (χ0) is 14.9. The van der Waals surface area contributed by atoms with Crippen molar-refractivity contribution >= 4 is 18.1 Å². The monoisotopic (exact) mass is 310 g/mol. The van der Waals surface area contributed by atoms with E-state index in [4.69, 9.17) is 17.0 Å². The summed E-state index contributed by atoms with van der Waals surface area (Å²) in [6.45, 7) is 4.91. The SMILES string of the molecule is CCc1n[nH]c(=S)n1CCNC(=O)[C@@H]1CC12CCOCC2. The predicted molar refractivity (Wildman–Crippen MR) is 80.4 cm³/mol. The van der Waals surface area contributed by atoms with Crippen molar-refractivity contribution in [3.05, 3.63) is 10.6 Å². The molecular formula is C14H22N4O2S. The van der Waals surface area contributed by atoms with Crippen molar-refractivity contribution in [1.29, 1.82) is 0 Å². The molecule has 0 aromatic carbocycles. The Kier molecular flexibility index (Phi) is 4.12. The Morgan fingerprint density at radius 1 is 1.57 bits per heavy atom. The molecule has 1 spiro atoms. The van der Waals surface area contributed by atoms with Gasteiger partial charge in [-0.05, 0) is 36.9 Å². The van der Waals surface area contributed by atoms with E-state index >= 15 is 0 Å². The molecule has 1 aromatic rings. The topological polar surface area (TPSA) is 71.9 Å². The van der Waals surface area contributed by atoms with Gasteiger partial charge in [-0.3, -0.25) is 9.89 Å². The van der Waals surface area contributed by atoms with Crippen molar-refractivity contribution in [2.45, 2.75) is 39.2 Å². The van der Waals surface area contributed by atoms with Crippen LogP contribution in [0, 0.1) is 16.1 Å². The Balaban J connectivity index is 1.49. The molecule has 1 atom stereocenters. The number of hydrogen-bond acceptors (Lipinski definition) is 4. The van der Waals surface area contributed by atoms with Gasteiger partial charge in [-0.1, -0.05) is 6.92 Å². The quantitative estimate of drug-likeness (QED) is 0.807. The van der Waals surface area contributed by atoms with Crippen LogP contribution in [-0.2, 0) is 22.5 Å². The molecule has 1 saturated heterocycles. The average Bonchev–Trinajstić information content (AvgIpc) is 3.06. The summed E-state index contributed by atoms with van der Waals surface area (Å²) in [6.07, 6.45) is 3.90. The first-order valence-corrected chi connectivity index (χ1v) is 8.06. The number of aromatic nitrogens is 3. The van der Waals surface area contributed by atoms with Crippen molar-refractivity contribution in [1.82, 2.24) is 20.1 Å². The zero-order valence-corrected chi connectivity index (χ0v) is 13.2. The largest absolute Gasteiger partial charge is 0.381 e. The molecule has 2 fully saturated rings. The van der Waals surface area contributed by atoms with Crippen molar-refractivity contribution in [3.8, 4) is 0 Å². The summed E-state index contributed by atoms with van der Waals surface area (Å²) in [5, 5.41) is 10.0. The summed E-state index contributed by atoms with van der Waals surface area (Å²) < 4.78 is 7.95. The van der Waals surface area contributed by atoms with Gasteiger partial charge in [0.25, 0.3) is 0 Å². The Morgan fingerprint density at radius 3 is 3.05 bits per heavy atom. The molecule has 1 amide bonds. The van der Waals surface area contributed by atoms with Crippen LogP contribution in [0.1, 0.15) is 32.0 Å². The molecular weight excluding hydrogens is 288 g/mol. The van der Waals surface area contributed by atoms with Gasteiger partial charge in [-0.25, -0.2) is 0 Å². The Labute approximate surface area is 129 Å². The number of nitrogens with one attached hydrogen (secondary N) is 2. The highest BCUT2D eigenvalue weighted by atomic mass is 32.1. The molecule has 0 radical (unpaired) electrons. The van der Waals surface area contributed by atoms with E-state index in [0.717, 1.165) is 44.7 Å². The molecule has 0 unspecified atom stereocenters. The summed E-state index contributed by atoms with van der Waals surface area (Å²) in [6, 6.07) is 0. The fraction of sp³-hybridized carbons (Fsp3) is 0.786. The third kappa shape index (κ3) is 2.89. The van der Waals surface area contributed by atoms with E-state index in [1.54, 1.807) is 0 Å². The van der Waals surface area contributed by atoms with E-state index in [1.807, 2.05) is 11.5 Å². The maximum Gasteiger partial charge on any atom is 0.223 e. The first kappa shape index (κ1) is 14.7. The third-order valence-corrected chi connectivity index (χ3v) is 5.09. The highest BCUT2D eigenvalue weighted by molar-refractivity contribution is 7.71. The third-order valence-electron chi connectivity index (χ3n) is 4.78. The Hall–Kier alpha value is -1.21. The molecule has 2 N–H and O–H groups in total. The number of carbonyl (C=O) groups excluding carboxylic acids is 1. The van der Waals surface area contributed by atoms with E-state index in [-0.39, 0.29) is 17.2 Å². The number of rotatable bonds is 5. The van der Waals surface area contributed by atoms with Crippen molar-refractivity contribution in [3.63, 3.8) is 0 Å². The highest BCUT2D eigenvalue weighted by Gasteiger charge is 2.57. The van der Waals surface area contributed by atoms with E-state index in [0.29, 0.717) is 17.9 Å². The van der Waals surface area contributed by atoms with Crippen LogP contribution >= 0.6 is 12.2 Å². The number of ether oxygens (including phenoxy) is 1. The van der Waals surface area contributed by atoms with E-state index < -0.39 is 0 Å². The summed E-state index contributed by atoms with van der Waals surface area (Å²) >= 11 is 5.20. The van der Waals surface area contributed by atoms with Gasteiger partial charge in [0.05, 0.1) is 0 Å². The molecule has 116 valence electrons. The summed E-state index contributed by atoms with van der Waals surface area (Å²) in [4.78, 5) is 12.2. The van der Waals surface area contributed by atoms with Gasteiger partial charge in [0.1, 0.15) is 5.82 Å². The standard InChI is InChI=1S/C14H22N4O2S/c1-2-11-16-17-13(21)18(11)6-5-15-12(19)10-9-14(10)3-7-20-8-4-14/h10H,2-9H2,1H3,(H,15,19)(H,17,21)/t10-/m0/s1. The number of carbonyl (C=O) groups is 1. The van der Waals surface area contributed by atoms with Gasteiger partial charge in [0.15, 0.2) is 4.77 Å². The molecule has 1 saturated carbocycles. The smallest absolute Gasteiger partial charge is 0.223 e. The van der Waals surface area contributed by atoms with Crippen LogP contribution in [-0.4, -0.2) is 40.4 Å². The second kappa shape index (κ2) is 5.88. The molecule has 21 heavy (non-hydrogen) atoms. The van der Waals surface area contributed by atoms with E-state index in [1.165, 1.54) is 0 Å². The Morgan fingerprint density at radius 2 is 2.33 bits per heavy atom. The van der Waals surface area contributed by atoms with Crippen molar-refractivity contribution < 1.29 is 9.53 Å². The van der Waals surface area contributed by atoms with Crippen LogP contribution in [0.2, 0.25) is 0 Å². The molecule has 3 rings (SSSR count). The molecule has 6 nitrogen and oxygen atoms in total. The minimum Gasteiger partial charge on any atom is -0.381 e. The van der Waals surface area contributed by atoms with Gasteiger partial charge >= 0.3 is 0 Å². The second-order valence-electron chi connectivity index (χ2n) is 5.97. The maximum atomic E-state index is 12.2. The molecule has 7 heteroatoms. The lowest BCUT2D eigenvalue weighted by Crippen LogP contribution is -2.32. The predicted octanol–water partition coefficient (Wildman–Crippen LogP) is 1.44. The molecule has 1 aromatic heterocycles. The lowest BCUT2D eigenvalue weighted by atomic mass is 9.93. The van der Waals surface area contributed by atoms with E-state index in [9.17, 15) is 4.79 Å². The Bertz CT molecular complexity index is 574. The normalized spacial score (nSPS) is 23.2. The lowest BCUT2D eigenvalue weighted by molar-refractivity contribution is -0.123. The minimum atomic E-state index is 0.185. The van der Waals surface area contributed by atoms with Gasteiger partial charge < -0.3 is 14.6 Å². The summed E-state index contributed by atoms with van der Waals surface area (Å²) in [5.41, 5.74) is 0.239. The van der Waals surface area contributed by atoms with Gasteiger partial charge in [-0.15, -0.1) is 0 Å². The number of aryl methyl sites for hydroxylation is 1. The number of H-pyrrole nitrogens is 1. The number of nitrogens with zero attached hydrogens (tertiary/aromatic N) is 2. The van der Waals surface area contributed by atoms with Crippen LogP contribution in [0.3, 0.4) is 0 Å². The van der Waals surface area contributed by atoms with Gasteiger partial charge in [0.2, 0.25) is 5.91 Å². The number of aromatic amines is 1. The lowest BCUT2D eigenvalue weighted by Gasteiger charge is -2.22. The first-order chi connectivity index (χ1) is 10.2. The average molecular weight is 310 g/mol.